The maximum absolute atomic E-state index is 7.00. The smallest absolute Gasteiger partial charge is 0.136 e. The fourth-order valence-corrected chi connectivity index (χ4v) is 18.7. The second-order valence-electron chi connectivity index (χ2n) is 30.4. The Kier molecular flexibility index (Phi) is 14.4. The Morgan fingerprint density at radius 2 is 0.722 bits per heavy atom. The van der Waals surface area contributed by atoms with E-state index in [9.17, 15) is 0 Å². The van der Waals surface area contributed by atoms with Crippen molar-refractivity contribution < 1.29 is 8.83 Å². The van der Waals surface area contributed by atoms with E-state index in [1.165, 1.54) is 82.9 Å². The molecule has 0 fully saturated rings. The molecule has 512 valence electrons. The second kappa shape index (κ2) is 24.7. The maximum Gasteiger partial charge on any atom is 0.136 e. The number of nitrogens with zero attached hydrogens (tertiary/aromatic N) is 2. The van der Waals surface area contributed by atoms with Crippen molar-refractivity contribution in [3.8, 4) is 77.9 Å². The molecule has 0 N–H and O–H groups in total. The van der Waals surface area contributed by atoms with Crippen LogP contribution < -0.4 is 9.80 Å². The van der Waals surface area contributed by atoms with Crippen molar-refractivity contribution in [2.24, 2.45) is 0 Å². The summed E-state index contributed by atoms with van der Waals surface area (Å²) in [5, 5.41) is 9.21. The van der Waals surface area contributed by atoms with Gasteiger partial charge in [-0.3, -0.25) is 0 Å². The Morgan fingerprint density at radius 1 is 0.287 bits per heavy atom. The average Bonchev–Trinajstić information content (AvgIpc) is 1.55. The third-order valence-corrected chi connectivity index (χ3v) is 23.8. The molecule has 3 aliphatic rings. The van der Waals surface area contributed by atoms with Gasteiger partial charge in [0.25, 0.3) is 0 Å². The second-order valence-corrected chi connectivity index (χ2v) is 30.4. The summed E-state index contributed by atoms with van der Waals surface area (Å²) in [5.74, 6) is 0. The van der Waals surface area contributed by atoms with E-state index in [1.54, 1.807) is 5.57 Å². The number of anilines is 6. The molecular weight excluding hydrogens is 1310 g/mol. The van der Waals surface area contributed by atoms with Crippen molar-refractivity contribution in [3.63, 3.8) is 0 Å². The first kappa shape index (κ1) is 63.2. The monoisotopic (exact) mass is 1380 g/mol. The molecule has 18 aromatic rings. The Labute approximate surface area is 628 Å². The van der Waals surface area contributed by atoms with E-state index >= 15 is 0 Å². The van der Waals surface area contributed by atoms with Gasteiger partial charge in [0.2, 0.25) is 0 Å². The predicted octanol–water partition coefficient (Wildman–Crippen LogP) is 29.4. The van der Waals surface area contributed by atoms with Crippen molar-refractivity contribution in [2.45, 2.75) is 51.4 Å². The minimum Gasteiger partial charge on any atom is -0.456 e. The van der Waals surface area contributed by atoms with Crippen LogP contribution in [0.2, 0.25) is 0 Å². The predicted molar refractivity (Wildman–Crippen MR) is 454 cm³/mol. The Balaban J connectivity index is 0.633. The fourth-order valence-electron chi connectivity index (χ4n) is 18.7. The van der Waals surface area contributed by atoms with E-state index < -0.39 is 0 Å². The van der Waals surface area contributed by atoms with Crippen LogP contribution in [0.25, 0.3) is 149 Å². The third kappa shape index (κ3) is 9.90. The molecule has 108 heavy (non-hydrogen) atoms. The zero-order chi connectivity index (χ0) is 71.9. The molecule has 0 aliphatic heterocycles. The van der Waals surface area contributed by atoms with Gasteiger partial charge in [-0.1, -0.05) is 294 Å². The number of hydrogen-bond acceptors (Lipinski definition) is 4. The number of rotatable bonds is 12. The van der Waals surface area contributed by atoms with E-state index in [2.05, 4.69) is 383 Å². The highest BCUT2D eigenvalue weighted by Gasteiger charge is 2.41. The first-order valence-electron chi connectivity index (χ1n) is 37.8. The Hall–Kier alpha value is -13.3. The first-order valence-corrected chi connectivity index (χ1v) is 37.8. The standard InChI is InChI=1S/C104H74N2O2/c1-103(2)90-39-13-8-30-86(90)99-79(34-19-40-91(99)103)68-51-57-73(58-52-68)105(92-41-14-9-28-81(92)83-35-21-45-96-100(83)87-31-11-16-44-95(87)107-96)72-55-47-67(48-56-72)77-33-18-25-71-63-69(53-61-78(71)77)70-54-62-88-98(64-70)108-97-46-22-36-84(101(88)97)82-29-10-15-42-93(82)106(94-43-20-37-85-80-27-7-12-38-89(80)104(3,4)102(85)94)74-59-49-66(50-60-74)76-32-17-24-65-23-5-6-26-75(65)76/h5-12,14-38,40-64H,13,39H2,1-4H3. The largest absolute Gasteiger partial charge is 0.456 e. The number of para-hydroxylation sites is 3. The molecule has 0 bridgehead atoms. The van der Waals surface area contributed by atoms with Crippen molar-refractivity contribution in [1.82, 2.24) is 0 Å². The molecule has 3 aliphatic carbocycles. The summed E-state index contributed by atoms with van der Waals surface area (Å²) in [6.07, 6.45) is 6.93. The van der Waals surface area contributed by atoms with Gasteiger partial charge in [0.05, 0.1) is 17.1 Å². The highest BCUT2D eigenvalue weighted by Crippen LogP contribution is 2.57. The lowest BCUT2D eigenvalue weighted by molar-refractivity contribution is 0.607. The lowest BCUT2D eigenvalue weighted by Gasteiger charge is -2.33. The van der Waals surface area contributed by atoms with E-state index in [0.29, 0.717) is 0 Å². The van der Waals surface area contributed by atoms with Crippen LogP contribution in [0, 0.1) is 0 Å². The van der Waals surface area contributed by atoms with Gasteiger partial charge in [0, 0.05) is 60.6 Å². The van der Waals surface area contributed by atoms with Gasteiger partial charge in [0.1, 0.15) is 22.3 Å². The summed E-state index contributed by atoms with van der Waals surface area (Å²) in [6, 6.07) is 125. The van der Waals surface area contributed by atoms with Crippen LogP contribution in [0.3, 0.4) is 0 Å². The lowest BCUT2D eigenvalue weighted by Crippen LogP contribution is -2.21. The average molecular weight is 1380 g/mol. The van der Waals surface area contributed by atoms with Crippen LogP contribution in [0.4, 0.5) is 34.1 Å². The third-order valence-electron chi connectivity index (χ3n) is 23.8. The van der Waals surface area contributed by atoms with Gasteiger partial charge in [-0.2, -0.15) is 0 Å². The van der Waals surface area contributed by atoms with Crippen LogP contribution in [0.15, 0.2) is 366 Å². The van der Waals surface area contributed by atoms with E-state index in [-0.39, 0.29) is 10.8 Å². The molecule has 21 rings (SSSR count). The maximum atomic E-state index is 7.00. The molecule has 2 heterocycles. The molecule has 16 aromatic carbocycles. The van der Waals surface area contributed by atoms with Gasteiger partial charge in [0.15, 0.2) is 0 Å². The molecule has 0 atom stereocenters. The SMILES string of the molecule is CC1(C)C2=C(C=CCC2)c2c(-c3ccc(N(c4ccc(-c5cccc6cc(-c7ccc8c(c7)oc7cccc(-c9ccccc9N(c9ccc(-c%10cccc%11ccccc%10%11)cc9)c9cccc%10c9C(C)(C)c9ccccc9-%10)c78)ccc56)cc4)c4ccccc4-c4cccc5oc6ccccc6c45)cc3)cccc21. The molecule has 0 unspecified atom stereocenters. The summed E-state index contributed by atoms with van der Waals surface area (Å²) >= 11 is 0. The van der Waals surface area contributed by atoms with Crippen LogP contribution in [0.5, 0.6) is 0 Å². The number of allylic oxidation sites excluding steroid dienone is 4. The Morgan fingerprint density at radius 3 is 1.42 bits per heavy atom. The molecule has 0 radical (unpaired) electrons. The number of fused-ring (bicyclic) bond motifs is 13. The summed E-state index contributed by atoms with van der Waals surface area (Å²) in [6.45, 7) is 9.57. The highest BCUT2D eigenvalue weighted by atomic mass is 16.3. The van der Waals surface area contributed by atoms with Crippen LogP contribution in [-0.4, -0.2) is 0 Å². The summed E-state index contributed by atoms with van der Waals surface area (Å²) in [5.41, 5.74) is 34.6. The van der Waals surface area contributed by atoms with Gasteiger partial charge in [-0.05, 0) is 220 Å². The molecule has 4 heteroatoms. The summed E-state index contributed by atoms with van der Waals surface area (Å²) < 4.78 is 13.5. The van der Waals surface area contributed by atoms with Gasteiger partial charge in [-0.15, -0.1) is 0 Å². The van der Waals surface area contributed by atoms with Crippen molar-refractivity contribution in [1.29, 1.82) is 0 Å². The van der Waals surface area contributed by atoms with Gasteiger partial charge < -0.3 is 18.6 Å². The minimum atomic E-state index is -0.265. The van der Waals surface area contributed by atoms with E-state index in [4.69, 9.17) is 8.83 Å². The van der Waals surface area contributed by atoms with Gasteiger partial charge in [-0.25, -0.2) is 0 Å². The van der Waals surface area contributed by atoms with Crippen LogP contribution in [0.1, 0.15) is 62.8 Å². The zero-order valence-corrected chi connectivity index (χ0v) is 60.6. The van der Waals surface area contributed by atoms with Crippen LogP contribution >= 0.6 is 0 Å². The van der Waals surface area contributed by atoms with E-state index in [1.807, 2.05) is 6.07 Å². The van der Waals surface area contributed by atoms with Crippen molar-refractivity contribution in [2.75, 3.05) is 9.80 Å². The number of hydrogen-bond donors (Lipinski definition) is 0. The molecule has 0 saturated heterocycles. The normalized spacial score (nSPS) is 13.9. The molecule has 4 nitrogen and oxygen atoms in total. The number of benzene rings is 16. The van der Waals surface area contributed by atoms with Crippen LogP contribution in [-0.2, 0) is 10.8 Å². The van der Waals surface area contributed by atoms with Crippen molar-refractivity contribution >= 4 is 105 Å². The quantitative estimate of drug-likeness (QED) is 0.122. The summed E-state index contributed by atoms with van der Waals surface area (Å²) in [4.78, 5) is 4.94. The topological polar surface area (TPSA) is 32.8 Å². The summed E-state index contributed by atoms with van der Waals surface area (Å²) in [7, 11) is 0. The Bertz CT molecular complexity index is 6790. The molecule has 0 saturated carbocycles. The lowest BCUT2D eigenvalue weighted by atomic mass is 9.78. The molecule has 0 spiro atoms. The van der Waals surface area contributed by atoms with Crippen molar-refractivity contribution in [3.05, 3.63) is 380 Å². The van der Waals surface area contributed by atoms with E-state index in [0.717, 1.165) is 135 Å². The van der Waals surface area contributed by atoms with Gasteiger partial charge >= 0.3 is 0 Å². The number of furan rings is 2. The molecular formula is C104H74N2O2. The molecule has 2 aromatic heterocycles. The first-order chi connectivity index (χ1) is 53.1. The molecule has 0 amide bonds. The zero-order valence-electron chi connectivity index (χ0n) is 60.6. The highest BCUT2D eigenvalue weighted by molar-refractivity contribution is 6.16. The fraction of sp³-hybridized carbons (Fsp3) is 0.0769. The minimum absolute atomic E-state index is 0.00872.